The summed E-state index contributed by atoms with van der Waals surface area (Å²) < 4.78 is 7.75. The molecule has 3 aromatic rings. The number of carbonyl (C=O) groups excluding carboxylic acids is 1. The molecule has 1 saturated heterocycles. The van der Waals surface area contributed by atoms with Gasteiger partial charge in [0.05, 0.1) is 12.2 Å². The molecule has 1 aliphatic rings. The zero-order valence-corrected chi connectivity index (χ0v) is 19.0. The number of aryl methyl sites for hydroxylation is 1. The number of amides is 2. The largest absolute Gasteiger partial charge is 0.489 e. The summed E-state index contributed by atoms with van der Waals surface area (Å²) in [7, 11) is 0. The number of aromatic nitrogens is 2. The Balaban J connectivity index is 1.33. The van der Waals surface area contributed by atoms with Gasteiger partial charge in [-0.25, -0.2) is 9.48 Å². The highest BCUT2D eigenvalue weighted by Crippen LogP contribution is 2.28. The molecule has 1 fully saturated rings. The van der Waals surface area contributed by atoms with E-state index in [4.69, 9.17) is 4.74 Å². The van der Waals surface area contributed by atoms with Crippen molar-refractivity contribution in [3.63, 3.8) is 0 Å². The molecule has 0 atom stereocenters. The van der Waals surface area contributed by atoms with Crippen LogP contribution in [0.5, 0.6) is 5.75 Å². The number of nitrogens with zero attached hydrogens (tertiary/aromatic N) is 3. The van der Waals surface area contributed by atoms with Gasteiger partial charge in [0.25, 0.3) is 0 Å². The minimum atomic E-state index is -0.264. The van der Waals surface area contributed by atoms with Crippen molar-refractivity contribution in [3.05, 3.63) is 84.6 Å². The third-order valence-electron chi connectivity index (χ3n) is 5.93. The molecule has 7 nitrogen and oxygen atoms in total. The number of likely N-dealkylation sites (tertiary alicyclic amines) is 1. The van der Waals surface area contributed by atoms with E-state index in [9.17, 15) is 4.79 Å². The van der Waals surface area contributed by atoms with Crippen molar-refractivity contribution in [1.29, 1.82) is 0 Å². The number of anilines is 2. The lowest BCUT2D eigenvalue weighted by Gasteiger charge is -2.33. The SMILES string of the molecule is C=CCOc1ccccc1CN1CCC(n2nccc2NC(=O)Nc2ccccc2C)CC1. The van der Waals surface area contributed by atoms with Gasteiger partial charge in [-0.05, 0) is 37.5 Å². The number of ether oxygens (including phenoxy) is 1. The predicted octanol–water partition coefficient (Wildman–Crippen LogP) is 5.24. The Bertz CT molecular complexity index is 1090. The third kappa shape index (κ3) is 5.81. The van der Waals surface area contributed by atoms with Crippen molar-refractivity contribution >= 4 is 17.5 Å². The van der Waals surface area contributed by atoms with E-state index in [2.05, 4.69) is 33.3 Å². The number of piperidine rings is 1. The van der Waals surface area contributed by atoms with E-state index in [0.29, 0.717) is 12.4 Å². The van der Waals surface area contributed by atoms with Crippen molar-refractivity contribution in [2.24, 2.45) is 0 Å². The number of urea groups is 1. The fraction of sp³-hybridized carbons (Fsp3) is 0.308. The third-order valence-corrected chi connectivity index (χ3v) is 5.93. The molecule has 0 unspecified atom stereocenters. The Morgan fingerprint density at radius 2 is 1.88 bits per heavy atom. The molecule has 0 spiro atoms. The second kappa shape index (κ2) is 10.8. The maximum absolute atomic E-state index is 12.5. The molecule has 7 heteroatoms. The standard InChI is InChI=1S/C26H31N5O2/c1-3-18-33-24-11-7-5-9-21(24)19-30-16-13-22(14-17-30)31-25(12-15-27-31)29-26(32)28-23-10-6-4-8-20(23)2/h3-12,15,22H,1,13-14,16-19H2,2H3,(H2,28,29,32). The van der Waals surface area contributed by atoms with Crippen molar-refractivity contribution in [2.75, 3.05) is 30.3 Å². The van der Waals surface area contributed by atoms with E-state index in [1.165, 1.54) is 5.56 Å². The Morgan fingerprint density at radius 3 is 2.67 bits per heavy atom. The number of rotatable bonds is 8. The summed E-state index contributed by atoms with van der Waals surface area (Å²) in [5.41, 5.74) is 3.00. The Hall–Kier alpha value is -3.58. The fourth-order valence-corrected chi connectivity index (χ4v) is 4.17. The highest BCUT2D eigenvalue weighted by atomic mass is 16.5. The second-order valence-corrected chi connectivity index (χ2v) is 8.27. The van der Waals surface area contributed by atoms with Crippen LogP contribution in [-0.2, 0) is 6.54 Å². The highest BCUT2D eigenvalue weighted by molar-refractivity contribution is 5.99. The van der Waals surface area contributed by atoms with E-state index in [-0.39, 0.29) is 12.1 Å². The van der Waals surface area contributed by atoms with E-state index in [0.717, 1.165) is 49.5 Å². The van der Waals surface area contributed by atoms with Crippen LogP contribution in [-0.4, -0.2) is 40.4 Å². The summed E-state index contributed by atoms with van der Waals surface area (Å²) in [5.74, 6) is 1.63. The molecule has 0 aliphatic carbocycles. The van der Waals surface area contributed by atoms with Gasteiger partial charge in [-0.15, -0.1) is 0 Å². The highest BCUT2D eigenvalue weighted by Gasteiger charge is 2.24. The van der Waals surface area contributed by atoms with Crippen molar-refractivity contribution in [2.45, 2.75) is 32.4 Å². The molecule has 0 bridgehead atoms. The summed E-state index contributed by atoms with van der Waals surface area (Å²) >= 11 is 0. The molecule has 0 radical (unpaired) electrons. The Labute approximate surface area is 195 Å². The van der Waals surface area contributed by atoms with E-state index >= 15 is 0 Å². The van der Waals surface area contributed by atoms with Crippen LogP contribution in [0.15, 0.2) is 73.4 Å². The maximum Gasteiger partial charge on any atom is 0.324 e. The number of benzene rings is 2. The van der Waals surface area contributed by atoms with Crippen LogP contribution in [0.4, 0.5) is 16.3 Å². The lowest BCUT2D eigenvalue weighted by Crippen LogP contribution is -2.35. The molecule has 4 rings (SSSR count). The average molecular weight is 446 g/mol. The summed E-state index contributed by atoms with van der Waals surface area (Å²) in [6.07, 6.45) is 5.43. The molecule has 2 amide bonds. The molecule has 2 heterocycles. The van der Waals surface area contributed by atoms with E-state index in [1.807, 2.05) is 60.1 Å². The lowest BCUT2D eigenvalue weighted by molar-refractivity contribution is 0.172. The van der Waals surface area contributed by atoms with Crippen molar-refractivity contribution < 1.29 is 9.53 Å². The van der Waals surface area contributed by atoms with Crippen LogP contribution in [0, 0.1) is 6.92 Å². The minimum absolute atomic E-state index is 0.247. The van der Waals surface area contributed by atoms with Gasteiger partial charge < -0.3 is 10.1 Å². The number of hydrogen-bond donors (Lipinski definition) is 2. The van der Waals surface area contributed by atoms with E-state index < -0.39 is 0 Å². The first-order valence-electron chi connectivity index (χ1n) is 11.3. The topological polar surface area (TPSA) is 71.4 Å². The number of para-hydroxylation sites is 2. The van der Waals surface area contributed by atoms with Crippen LogP contribution >= 0.6 is 0 Å². The molecule has 0 saturated carbocycles. The predicted molar refractivity (Wildman–Crippen MR) is 132 cm³/mol. The monoisotopic (exact) mass is 445 g/mol. The number of hydrogen-bond acceptors (Lipinski definition) is 4. The van der Waals surface area contributed by atoms with Gasteiger partial charge in [0.15, 0.2) is 0 Å². The molecule has 172 valence electrons. The van der Waals surface area contributed by atoms with Gasteiger partial charge >= 0.3 is 6.03 Å². The van der Waals surface area contributed by atoms with Crippen molar-refractivity contribution in [1.82, 2.24) is 14.7 Å². The van der Waals surface area contributed by atoms with Crippen LogP contribution in [0.3, 0.4) is 0 Å². The number of nitrogens with one attached hydrogen (secondary N) is 2. The normalized spacial score (nSPS) is 14.6. The van der Waals surface area contributed by atoms with Gasteiger partial charge in [-0.2, -0.15) is 5.10 Å². The fourth-order valence-electron chi connectivity index (χ4n) is 4.17. The van der Waals surface area contributed by atoms with Gasteiger partial charge in [-0.1, -0.05) is 49.1 Å². The molecular formula is C26H31N5O2. The van der Waals surface area contributed by atoms with Crippen LogP contribution < -0.4 is 15.4 Å². The smallest absolute Gasteiger partial charge is 0.324 e. The zero-order valence-electron chi connectivity index (χ0n) is 19.0. The van der Waals surface area contributed by atoms with Gasteiger partial charge in [0.1, 0.15) is 18.2 Å². The van der Waals surface area contributed by atoms with Gasteiger partial charge in [-0.3, -0.25) is 10.2 Å². The minimum Gasteiger partial charge on any atom is -0.489 e. The zero-order chi connectivity index (χ0) is 23.0. The Kier molecular flexibility index (Phi) is 7.42. The van der Waals surface area contributed by atoms with Crippen LogP contribution in [0.2, 0.25) is 0 Å². The van der Waals surface area contributed by atoms with Crippen LogP contribution in [0.25, 0.3) is 0 Å². The van der Waals surface area contributed by atoms with Gasteiger partial charge in [0.2, 0.25) is 0 Å². The average Bonchev–Trinajstić information content (AvgIpc) is 3.28. The summed E-state index contributed by atoms with van der Waals surface area (Å²) in [6, 6.07) is 17.7. The van der Waals surface area contributed by atoms with Crippen molar-refractivity contribution in [3.8, 4) is 5.75 Å². The first-order valence-corrected chi connectivity index (χ1v) is 11.3. The Morgan fingerprint density at radius 1 is 1.12 bits per heavy atom. The second-order valence-electron chi connectivity index (χ2n) is 8.27. The first-order chi connectivity index (χ1) is 16.1. The number of carbonyl (C=O) groups is 1. The van der Waals surface area contributed by atoms with Crippen LogP contribution in [0.1, 0.15) is 30.0 Å². The summed E-state index contributed by atoms with van der Waals surface area (Å²) in [4.78, 5) is 15.0. The quantitative estimate of drug-likeness (QED) is 0.465. The first kappa shape index (κ1) is 22.6. The van der Waals surface area contributed by atoms with Gasteiger partial charge in [0, 0.05) is 37.0 Å². The molecular weight excluding hydrogens is 414 g/mol. The maximum atomic E-state index is 12.5. The molecule has 1 aliphatic heterocycles. The summed E-state index contributed by atoms with van der Waals surface area (Å²) in [6.45, 7) is 8.96. The summed E-state index contributed by atoms with van der Waals surface area (Å²) in [5, 5.41) is 10.4. The van der Waals surface area contributed by atoms with E-state index in [1.54, 1.807) is 12.3 Å². The lowest BCUT2D eigenvalue weighted by atomic mass is 10.0. The molecule has 33 heavy (non-hydrogen) atoms. The molecule has 2 N–H and O–H groups in total. The molecule has 1 aromatic heterocycles. The molecule has 2 aromatic carbocycles.